The summed E-state index contributed by atoms with van der Waals surface area (Å²) in [6, 6.07) is 7.48. The van der Waals surface area contributed by atoms with E-state index in [4.69, 9.17) is 0 Å². The van der Waals surface area contributed by atoms with Gasteiger partial charge in [-0.1, -0.05) is 18.2 Å². The standard InChI is InChI=1S/C16H24N2O2/c1-11-6-4-5-7-14(11)17-16(20)12(2)18(3)10-15(19)13-8-9-13/h4-7,12-13,15,19H,8-10H2,1-3H3,(H,17,20). The SMILES string of the molecule is Cc1ccccc1NC(=O)C(C)N(C)CC(O)C1CC1. The van der Waals surface area contributed by atoms with Gasteiger partial charge in [0.1, 0.15) is 0 Å². The fourth-order valence-corrected chi connectivity index (χ4v) is 2.23. The molecule has 0 bridgehead atoms. The Hall–Kier alpha value is -1.39. The van der Waals surface area contributed by atoms with Gasteiger partial charge in [-0.15, -0.1) is 0 Å². The number of nitrogens with zero attached hydrogens (tertiary/aromatic N) is 1. The molecule has 2 rings (SSSR count). The van der Waals surface area contributed by atoms with Gasteiger partial charge < -0.3 is 10.4 Å². The number of rotatable bonds is 6. The number of amides is 1. The summed E-state index contributed by atoms with van der Waals surface area (Å²) in [6.45, 7) is 4.39. The first kappa shape index (κ1) is 15.0. The third-order valence-corrected chi connectivity index (χ3v) is 4.08. The molecule has 1 aliphatic rings. The molecule has 0 spiro atoms. The van der Waals surface area contributed by atoms with Crippen LogP contribution in [0.25, 0.3) is 0 Å². The molecular weight excluding hydrogens is 252 g/mol. The Labute approximate surface area is 120 Å². The fourth-order valence-electron chi connectivity index (χ4n) is 2.23. The second-order valence-corrected chi connectivity index (χ2v) is 5.82. The summed E-state index contributed by atoms with van der Waals surface area (Å²) in [4.78, 5) is 14.2. The average Bonchev–Trinajstić information content (AvgIpc) is 3.24. The minimum atomic E-state index is -0.311. The molecule has 1 aromatic carbocycles. The van der Waals surface area contributed by atoms with Gasteiger partial charge in [-0.3, -0.25) is 9.69 Å². The Kier molecular flexibility index (Phi) is 4.78. The summed E-state index contributed by atoms with van der Waals surface area (Å²) >= 11 is 0. The van der Waals surface area contributed by atoms with E-state index in [0.29, 0.717) is 12.5 Å². The van der Waals surface area contributed by atoms with E-state index in [2.05, 4.69) is 5.32 Å². The third kappa shape index (κ3) is 3.81. The van der Waals surface area contributed by atoms with Crippen molar-refractivity contribution in [2.75, 3.05) is 18.9 Å². The lowest BCUT2D eigenvalue weighted by Crippen LogP contribution is -2.43. The number of nitrogens with one attached hydrogen (secondary N) is 1. The molecule has 0 radical (unpaired) electrons. The van der Waals surface area contributed by atoms with Crippen molar-refractivity contribution in [2.45, 2.75) is 38.8 Å². The second-order valence-electron chi connectivity index (χ2n) is 5.82. The van der Waals surface area contributed by atoms with E-state index in [1.807, 2.05) is 50.1 Å². The van der Waals surface area contributed by atoms with Crippen LogP contribution in [-0.4, -0.2) is 41.7 Å². The van der Waals surface area contributed by atoms with Gasteiger partial charge in [-0.2, -0.15) is 0 Å². The highest BCUT2D eigenvalue weighted by Gasteiger charge is 2.31. The molecule has 4 heteroatoms. The number of likely N-dealkylation sites (N-methyl/N-ethyl adjacent to an activating group) is 1. The van der Waals surface area contributed by atoms with Gasteiger partial charge >= 0.3 is 0 Å². The molecule has 2 N–H and O–H groups in total. The van der Waals surface area contributed by atoms with E-state index in [9.17, 15) is 9.90 Å². The lowest BCUT2D eigenvalue weighted by Gasteiger charge is -2.26. The Morgan fingerprint density at radius 3 is 2.70 bits per heavy atom. The number of carbonyl (C=O) groups is 1. The summed E-state index contributed by atoms with van der Waals surface area (Å²) in [5.74, 6) is 0.397. The highest BCUT2D eigenvalue weighted by Crippen LogP contribution is 2.32. The summed E-state index contributed by atoms with van der Waals surface area (Å²) in [7, 11) is 1.88. The molecule has 110 valence electrons. The van der Waals surface area contributed by atoms with Crippen molar-refractivity contribution < 1.29 is 9.90 Å². The number of hydrogen-bond acceptors (Lipinski definition) is 3. The van der Waals surface area contributed by atoms with Crippen molar-refractivity contribution in [3.63, 3.8) is 0 Å². The molecule has 1 amide bonds. The molecular formula is C16H24N2O2. The van der Waals surface area contributed by atoms with Crippen LogP contribution in [0.5, 0.6) is 0 Å². The number of aliphatic hydroxyl groups excluding tert-OH is 1. The molecule has 2 atom stereocenters. The average molecular weight is 276 g/mol. The van der Waals surface area contributed by atoms with Gasteiger partial charge in [0, 0.05) is 12.2 Å². The maximum Gasteiger partial charge on any atom is 0.241 e. The molecule has 1 aromatic rings. The predicted molar refractivity (Wildman–Crippen MR) is 80.6 cm³/mol. The number of aryl methyl sites for hydroxylation is 1. The Balaban J connectivity index is 1.89. The van der Waals surface area contributed by atoms with Gasteiger partial charge in [0.15, 0.2) is 0 Å². The van der Waals surface area contributed by atoms with Crippen molar-refractivity contribution >= 4 is 11.6 Å². The smallest absolute Gasteiger partial charge is 0.241 e. The van der Waals surface area contributed by atoms with E-state index in [1.54, 1.807) is 0 Å². The molecule has 20 heavy (non-hydrogen) atoms. The highest BCUT2D eigenvalue weighted by molar-refractivity contribution is 5.95. The summed E-state index contributed by atoms with van der Waals surface area (Å²) < 4.78 is 0. The number of para-hydroxylation sites is 1. The first-order valence-corrected chi connectivity index (χ1v) is 7.24. The number of benzene rings is 1. The van der Waals surface area contributed by atoms with Crippen LogP contribution in [0.1, 0.15) is 25.3 Å². The monoisotopic (exact) mass is 276 g/mol. The van der Waals surface area contributed by atoms with Gasteiger partial charge in [-0.05, 0) is 51.3 Å². The van der Waals surface area contributed by atoms with Crippen LogP contribution in [0, 0.1) is 12.8 Å². The Morgan fingerprint density at radius 2 is 2.10 bits per heavy atom. The van der Waals surface area contributed by atoms with Gasteiger partial charge in [0.2, 0.25) is 5.91 Å². The summed E-state index contributed by atoms with van der Waals surface area (Å²) in [6.07, 6.45) is 1.91. The van der Waals surface area contributed by atoms with Crippen LogP contribution >= 0.6 is 0 Å². The number of carbonyl (C=O) groups excluding carboxylic acids is 1. The van der Waals surface area contributed by atoms with Crippen molar-refractivity contribution in [3.8, 4) is 0 Å². The lowest BCUT2D eigenvalue weighted by molar-refractivity contribution is -0.120. The van der Waals surface area contributed by atoms with E-state index in [1.165, 1.54) is 0 Å². The highest BCUT2D eigenvalue weighted by atomic mass is 16.3. The molecule has 2 unspecified atom stereocenters. The van der Waals surface area contributed by atoms with Crippen molar-refractivity contribution in [3.05, 3.63) is 29.8 Å². The summed E-state index contributed by atoms with van der Waals surface area (Å²) in [5, 5.41) is 12.9. The molecule has 0 aromatic heterocycles. The normalized spacial score (nSPS) is 17.9. The van der Waals surface area contributed by atoms with E-state index in [0.717, 1.165) is 24.1 Å². The zero-order valence-corrected chi connectivity index (χ0v) is 12.5. The maximum absolute atomic E-state index is 12.2. The van der Waals surface area contributed by atoms with Crippen LogP contribution < -0.4 is 5.32 Å². The summed E-state index contributed by atoms with van der Waals surface area (Å²) in [5.41, 5.74) is 1.90. The molecule has 0 heterocycles. The zero-order chi connectivity index (χ0) is 14.7. The van der Waals surface area contributed by atoms with Crippen molar-refractivity contribution in [1.82, 2.24) is 4.90 Å². The van der Waals surface area contributed by atoms with Gasteiger partial charge in [0.25, 0.3) is 0 Å². The fraction of sp³-hybridized carbons (Fsp3) is 0.562. The molecule has 1 fully saturated rings. The topological polar surface area (TPSA) is 52.6 Å². The van der Waals surface area contributed by atoms with E-state index >= 15 is 0 Å². The molecule has 0 saturated heterocycles. The first-order chi connectivity index (χ1) is 9.49. The van der Waals surface area contributed by atoms with E-state index in [-0.39, 0.29) is 18.1 Å². The van der Waals surface area contributed by atoms with Crippen molar-refractivity contribution in [1.29, 1.82) is 0 Å². The Morgan fingerprint density at radius 1 is 1.45 bits per heavy atom. The quantitative estimate of drug-likeness (QED) is 0.836. The maximum atomic E-state index is 12.2. The third-order valence-electron chi connectivity index (χ3n) is 4.08. The molecule has 1 aliphatic carbocycles. The second kappa shape index (κ2) is 6.37. The zero-order valence-electron chi connectivity index (χ0n) is 12.5. The molecule has 0 aliphatic heterocycles. The van der Waals surface area contributed by atoms with Crippen molar-refractivity contribution in [2.24, 2.45) is 5.92 Å². The molecule has 4 nitrogen and oxygen atoms in total. The predicted octanol–water partition coefficient (Wildman–Crippen LogP) is 2.02. The van der Waals surface area contributed by atoms with Crippen LogP contribution in [0.15, 0.2) is 24.3 Å². The van der Waals surface area contributed by atoms with Crippen LogP contribution in [0.3, 0.4) is 0 Å². The van der Waals surface area contributed by atoms with Crippen LogP contribution in [0.4, 0.5) is 5.69 Å². The number of hydrogen-bond donors (Lipinski definition) is 2. The first-order valence-electron chi connectivity index (χ1n) is 7.24. The van der Waals surface area contributed by atoms with Crippen LogP contribution in [-0.2, 0) is 4.79 Å². The molecule has 1 saturated carbocycles. The minimum absolute atomic E-state index is 0.0372. The van der Waals surface area contributed by atoms with Crippen LogP contribution in [0.2, 0.25) is 0 Å². The Bertz CT molecular complexity index is 471. The minimum Gasteiger partial charge on any atom is -0.392 e. The lowest BCUT2D eigenvalue weighted by atomic mass is 10.1. The van der Waals surface area contributed by atoms with Gasteiger partial charge in [-0.25, -0.2) is 0 Å². The number of aliphatic hydroxyl groups is 1. The van der Waals surface area contributed by atoms with E-state index < -0.39 is 0 Å². The largest absolute Gasteiger partial charge is 0.392 e. The number of anilines is 1. The van der Waals surface area contributed by atoms with Gasteiger partial charge in [0.05, 0.1) is 12.1 Å².